The van der Waals surface area contributed by atoms with Crippen molar-refractivity contribution in [3.05, 3.63) is 0 Å². The van der Waals surface area contributed by atoms with Crippen molar-refractivity contribution in [2.24, 2.45) is 0 Å². The topological polar surface area (TPSA) is 80.7 Å². The van der Waals surface area contributed by atoms with Gasteiger partial charge in [-0.05, 0) is 0 Å². The van der Waals surface area contributed by atoms with Crippen LogP contribution in [0.2, 0.25) is 0 Å². The van der Waals surface area contributed by atoms with E-state index in [0.717, 1.165) is 7.11 Å². The van der Waals surface area contributed by atoms with Gasteiger partial charge in [0.1, 0.15) is 0 Å². The van der Waals surface area contributed by atoms with Crippen molar-refractivity contribution in [2.75, 3.05) is 12.2 Å². The van der Waals surface area contributed by atoms with Gasteiger partial charge in [-0.15, -0.1) is 0 Å². The molecule has 0 aliphatic rings. The maximum absolute atomic E-state index is 10.8. The monoisotopic (exact) mass is 254 g/mol. The van der Waals surface area contributed by atoms with E-state index in [1.807, 2.05) is 14.4 Å². The van der Waals surface area contributed by atoms with Crippen LogP contribution < -0.4 is 0 Å². The number of hydrogen-bond donors (Lipinski definition) is 1. The molecule has 1 atom stereocenters. The third-order valence-electron chi connectivity index (χ3n) is 0.547. The Bertz CT molecular complexity index is 286. The number of hydrogen-bond acceptors (Lipinski definition) is 4. The van der Waals surface area contributed by atoms with Crippen molar-refractivity contribution < 1.29 is 21.4 Å². The van der Waals surface area contributed by atoms with Gasteiger partial charge < -0.3 is 0 Å². The molecular weight excluding hydrogens is 247 g/mol. The van der Waals surface area contributed by atoms with Crippen LogP contribution in [-0.4, -0.2) is 43.8 Å². The van der Waals surface area contributed by atoms with Crippen LogP contribution in [0.15, 0.2) is 0 Å². The van der Waals surface area contributed by atoms with Crippen molar-refractivity contribution in [2.45, 2.75) is 0 Å². The molecule has 62 valence electrons. The Balaban J connectivity index is 4.49. The van der Waals surface area contributed by atoms with Gasteiger partial charge in [-0.1, -0.05) is 0 Å². The summed E-state index contributed by atoms with van der Waals surface area (Å²) in [6.45, 7) is 0. The predicted molar refractivity (Wildman–Crippen MR) is 37.3 cm³/mol. The number of rotatable bonds is 3. The Morgan fingerprint density at radius 2 is 1.90 bits per heavy atom. The standard InChI is InChI=1S/C2H6O5S2Se/c1-7-9(6,10)2-8(3,4)5/h2H2,1H3,(H,3,4,5). The first-order valence-corrected chi connectivity index (χ1v) is 7.29. The van der Waals surface area contributed by atoms with E-state index in [9.17, 15) is 12.6 Å². The zero-order valence-corrected chi connectivity index (χ0v) is 8.36. The Morgan fingerprint density at radius 1 is 1.50 bits per heavy atom. The van der Waals surface area contributed by atoms with Crippen LogP contribution in [-0.2, 0) is 22.4 Å². The zero-order valence-electron chi connectivity index (χ0n) is 5.01. The molecule has 8 heteroatoms. The minimum atomic E-state index is -4.23. The predicted octanol–water partition coefficient (Wildman–Crippen LogP) is -1.24. The molecule has 0 spiro atoms. The normalized spacial score (nSPS) is 18.2. The molecule has 0 radical (unpaired) electrons. The van der Waals surface area contributed by atoms with E-state index in [-0.39, 0.29) is 0 Å². The molecule has 0 saturated heterocycles. The van der Waals surface area contributed by atoms with Gasteiger partial charge in [-0.3, -0.25) is 0 Å². The molecule has 5 nitrogen and oxygen atoms in total. The first-order valence-electron chi connectivity index (χ1n) is 2.00. The van der Waals surface area contributed by atoms with E-state index >= 15 is 0 Å². The van der Waals surface area contributed by atoms with Crippen LogP contribution >= 0.6 is 0 Å². The third kappa shape index (κ3) is 5.33. The molecule has 1 N–H and O–H groups in total. The molecule has 0 aromatic carbocycles. The van der Waals surface area contributed by atoms with Crippen LogP contribution in [0.25, 0.3) is 0 Å². The van der Waals surface area contributed by atoms with Gasteiger partial charge in [0, 0.05) is 0 Å². The molecule has 0 aromatic rings. The summed E-state index contributed by atoms with van der Waals surface area (Å²) >= 11 is 2.03. The van der Waals surface area contributed by atoms with Crippen LogP contribution in [0, 0.1) is 0 Å². The zero-order chi connectivity index (χ0) is 8.41. The summed E-state index contributed by atoms with van der Waals surface area (Å²) < 4.78 is 43.3. The molecule has 0 aliphatic carbocycles. The van der Waals surface area contributed by atoms with Crippen molar-refractivity contribution in [1.82, 2.24) is 0 Å². The van der Waals surface area contributed by atoms with Gasteiger partial charge in [-0.25, -0.2) is 0 Å². The Kier molecular flexibility index (Phi) is 3.47. The summed E-state index contributed by atoms with van der Waals surface area (Å²) in [5.74, 6) is 0. The van der Waals surface area contributed by atoms with E-state index in [2.05, 4.69) is 4.18 Å². The summed E-state index contributed by atoms with van der Waals surface area (Å²) in [5.41, 5.74) is 0. The van der Waals surface area contributed by atoms with Crippen LogP contribution in [0.1, 0.15) is 0 Å². The molecule has 0 bridgehead atoms. The molecule has 0 aromatic heterocycles. The van der Waals surface area contributed by atoms with E-state index in [0.29, 0.717) is 0 Å². The Labute approximate surface area is 66.4 Å². The Hall–Kier alpha value is 0.539. The van der Waals surface area contributed by atoms with Gasteiger partial charge in [0.25, 0.3) is 0 Å². The minimum absolute atomic E-state index is 0.906. The van der Waals surface area contributed by atoms with Crippen LogP contribution in [0.5, 0.6) is 0 Å². The fourth-order valence-electron chi connectivity index (χ4n) is 0.231. The SMILES string of the molecule is COS(=O)(=[Se])CS(=O)(=O)O. The third-order valence-corrected chi connectivity index (χ3v) is 6.07. The molecule has 0 rings (SSSR count). The first-order chi connectivity index (χ1) is 4.27. The summed E-state index contributed by atoms with van der Waals surface area (Å²) in [6.07, 6.45) is 0. The van der Waals surface area contributed by atoms with Crippen molar-refractivity contribution in [3.8, 4) is 0 Å². The molecule has 0 fully saturated rings. The second kappa shape index (κ2) is 3.29. The second-order valence-electron chi connectivity index (χ2n) is 1.42. The average molecular weight is 253 g/mol. The van der Waals surface area contributed by atoms with Crippen molar-refractivity contribution in [3.63, 3.8) is 0 Å². The van der Waals surface area contributed by atoms with Crippen molar-refractivity contribution in [1.29, 1.82) is 0 Å². The van der Waals surface area contributed by atoms with E-state index in [4.69, 9.17) is 4.55 Å². The first kappa shape index (κ1) is 10.5. The van der Waals surface area contributed by atoms with Crippen LogP contribution in [0.4, 0.5) is 0 Å². The Morgan fingerprint density at radius 3 is 2.00 bits per heavy atom. The summed E-state index contributed by atoms with van der Waals surface area (Å²) in [5, 5.41) is -0.906. The van der Waals surface area contributed by atoms with Crippen LogP contribution in [0.3, 0.4) is 0 Å². The summed E-state index contributed by atoms with van der Waals surface area (Å²) in [6, 6.07) is 0. The van der Waals surface area contributed by atoms with E-state index in [1.54, 1.807) is 0 Å². The molecule has 0 aliphatic heterocycles. The molecule has 0 heterocycles. The quantitative estimate of drug-likeness (QED) is 0.502. The molecule has 0 amide bonds. The van der Waals surface area contributed by atoms with E-state index in [1.165, 1.54) is 0 Å². The van der Waals surface area contributed by atoms with Gasteiger partial charge in [0.15, 0.2) is 0 Å². The van der Waals surface area contributed by atoms with E-state index < -0.39 is 23.3 Å². The fourth-order valence-corrected chi connectivity index (χ4v) is 4.37. The molecular formula is C2H6O5S2Se. The van der Waals surface area contributed by atoms with Gasteiger partial charge >= 0.3 is 66.2 Å². The summed E-state index contributed by atoms with van der Waals surface area (Å²) in [7, 11) is -6.13. The molecule has 10 heavy (non-hydrogen) atoms. The summed E-state index contributed by atoms with van der Waals surface area (Å²) in [4.78, 5) is 0. The van der Waals surface area contributed by atoms with Gasteiger partial charge in [0.05, 0.1) is 0 Å². The van der Waals surface area contributed by atoms with Gasteiger partial charge in [0.2, 0.25) is 0 Å². The fraction of sp³-hybridized carbons (Fsp3) is 1.00. The average Bonchev–Trinajstić information content (AvgIpc) is 1.60. The van der Waals surface area contributed by atoms with Gasteiger partial charge in [-0.2, -0.15) is 0 Å². The molecule has 0 saturated carbocycles. The second-order valence-corrected chi connectivity index (χ2v) is 8.18. The maximum atomic E-state index is 10.8. The van der Waals surface area contributed by atoms with Crippen molar-refractivity contribution >= 4 is 32.6 Å². The molecule has 1 unspecified atom stereocenters.